The second-order valence-electron chi connectivity index (χ2n) is 4.00. The van der Waals surface area contributed by atoms with Crippen LogP contribution in [0.5, 0.6) is 5.75 Å². The van der Waals surface area contributed by atoms with E-state index in [0.29, 0.717) is 0 Å². The van der Waals surface area contributed by atoms with E-state index in [1.165, 1.54) is 0 Å². The average Bonchev–Trinajstić information content (AvgIpc) is 2.74. The monoisotopic (exact) mass is 229 g/mol. The van der Waals surface area contributed by atoms with Gasteiger partial charge in [-0.25, -0.2) is 0 Å². The Labute approximate surface area is 100 Å². The lowest BCUT2D eigenvalue weighted by atomic mass is 10.1. The molecule has 0 aliphatic rings. The number of hydrogen-bond acceptors (Lipinski definition) is 2. The first kappa shape index (κ1) is 11.5. The Hall–Kier alpha value is -2.03. The van der Waals surface area contributed by atoms with E-state index in [0.717, 1.165) is 23.4 Å². The summed E-state index contributed by atoms with van der Waals surface area (Å²) in [6.45, 7) is 4.41. The van der Waals surface area contributed by atoms with Crippen LogP contribution in [0, 0.1) is 0 Å². The van der Waals surface area contributed by atoms with Gasteiger partial charge in [0, 0.05) is 24.0 Å². The summed E-state index contributed by atoms with van der Waals surface area (Å²) in [6, 6.07) is 8.88. The SMILES string of the molecule is CCn1cc(C(C)=O)cc1-c1ccc(O)cc1. The van der Waals surface area contributed by atoms with E-state index in [2.05, 4.69) is 0 Å². The molecular weight excluding hydrogens is 214 g/mol. The van der Waals surface area contributed by atoms with Crippen LogP contribution in [0.25, 0.3) is 11.3 Å². The van der Waals surface area contributed by atoms with Crippen molar-refractivity contribution in [1.82, 2.24) is 4.57 Å². The molecule has 88 valence electrons. The fraction of sp³-hybridized carbons (Fsp3) is 0.214. The molecule has 0 aliphatic heterocycles. The molecule has 1 aromatic heterocycles. The van der Waals surface area contributed by atoms with Crippen molar-refractivity contribution in [2.24, 2.45) is 0 Å². The molecule has 2 rings (SSSR count). The van der Waals surface area contributed by atoms with Gasteiger partial charge < -0.3 is 9.67 Å². The van der Waals surface area contributed by atoms with Crippen LogP contribution in [0.15, 0.2) is 36.5 Å². The molecule has 0 aliphatic carbocycles. The van der Waals surface area contributed by atoms with Gasteiger partial charge >= 0.3 is 0 Å². The zero-order chi connectivity index (χ0) is 12.4. The van der Waals surface area contributed by atoms with Crippen molar-refractivity contribution in [3.05, 3.63) is 42.1 Å². The first-order valence-corrected chi connectivity index (χ1v) is 5.62. The van der Waals surface area contributed by atoms with E-state index in [4.69, 9.17) is 0 Å². The highest BCUT2D eigenvalue weighted by atomic mass is 16.3. The van der Waals surface area contributed by atoms with Gasteiger partial charge in [0.05, 0.1) is 0 Å². The van der Waals surface area contributed by atoms with Gasteiger partial charge in [0.15, 0.2) is 5.78 Å². The number of aromatic hydroxyl groups is 1. The topological polar surface area (TPSA) is 42.2 Å². The molecule has 0 fully saturated rings. The molecule has 1 N–H and O–H groups in total. The van der Waals surface area contributed by atoms with Crippen LogP contribution in [0.3, 0.4) is 0 Å². The molecule has 1 heterocycles. The normalized spacial score (nSPS) is 10.5. The Morgan fingerprint density at radius 3 is 2.47 bits per heavy atom. The number of aryl methyl sites for hydroxylation is 1. The number of Topliss-reactive ketones (excluding diaryl/α,β-unsaturated/α-hetero) is 1. The number of phenols is 1. The molecule has 0 bridgehead atoms. The minimum Gasteiger partial charge on any atom is -0.508 e. The summed E-state index contributed by atoms with van der Waals surface area (Å²) >= 11 is 0. The maximum absolute atomic E-state index is 11.4. The quantitative estimate of drug-likeness (QED) is 0.822. The molecule has 3 heteroatoms. The minimum absolute atomic E-state index is 0.0669. The lowest BCUT2D eigenvalue weighted by Gasteiger charge is -2.05. The van der Waals surface area contributed by atoms with Gasteiger partial charge in [-0.3, -0.25) is 4.79 Å². The predicted molar refractivity (Wildman–Crippen MR) is 67.2 cm³/mol. The summed E-state index contributed by atoms with van der Waals surface area (Å²) < 4.78 is 2.03. The Bertz CT molecular complexity index is 538. The summed E-state index contributed by atoms with van der Waals surface area (Å²) in [5.74, 6) is 0.312. The molecule has 0 amide bonds. The van der Waals surface area contributed by atoms with Crippen molar-refractivity contribution in [2.75, 3.05) is 0 Å². The number of nitrogens with zero attached hydrogens (tertiary/aromatic N) is 1. The van der Waals surface area contributed by atoms with Gasteiger partial charge in [0.25, 0.3) is 0 Å². The second kappa shape index (κ2) is 4.45. The molecule has 17 heavy (non-hydrogen) atoms. The van der Waals surface area contributed by atoms with Crippen molar-refractivity contribution >= 4 is 5.78 Å². The van der Waals surface area contributed by atoms with Gasteiger partial charge in [-0.1, -0.05) is 0 Å². The van der Waals surface area contributed by atoms with Crippen LogP contribution < -0.4 is 0 Å². The fourth-order valence-corrected chi connectivity index (χ4v) is 1.84. The van der Waals surface area contributed by atoms with E-state index < -0.39 is 0 Å². The van der Waals surface area contributed by atoms with Crippen LogP contribution >= 0.6 is 0 Å². The van der Waals surface area contributed by atoms with E-state index in [1.807, 2.05) is 35.9 Å². The Balaban J connectivity index is 2.50. The second-order valence-corrected chi connectivity index (χ2v) is 4.00. The molecule has 1 aromatic carbocycles. The number of carbonyl (C=O) groups is 1. The standard InChI is InChI=1S/C14H15NO2/c1-3-15-9-12(10(2)16)8-14(15)11-4-6-13(17)7-5-11/h4-9,17H,3H2,1-2H3. The first-order valence-electron chi connectivity index (χ1n) is 5.62. The highest BCUT2D eigenvalue weighted by Crippen LogP contribution is 2.24. The lowest BCUT2D eigenvalue weighted by Crippen LogP contribution is -1.94. The van der Waals surface area contributed by atoms with Crippen molar-refractivity contribution in [3.8, 4) is 17.0 Å². The Morgan fingerprint density at radius 2 is 1.94 bits per heavy atom. The number of benzene rings is 1. The largest absolute Gasteiger partial charge is 0.508 e. The molecular formula is C14H15NO2. The Morgan fingerprint density at radius 1 is 1.29 bits per heavy atom. The third-order valence-corrected chi connectivity index (χ3v) is 2.81. The zero-order valence-corrected chi connectivity index (χ0v) is 9.97. The summed E-state index contributed by atoms with van der Waals surface area (Å²) in [4.78, 5) is 11.4. The van der Waals surface area contributed by atoms with Crippen LogP contribution in [0.2, 0.25) is 0 Å². The molecule has 0 atom stereocenters. The van der Waals surface area contributed by atoms with Gasteiger partial charge in [0.1, 0.15) is 5.75 Å². The van der Waals surface area contributed by atoms with Gasteiger partial charge in [0.2, 0.25) is 0 Å². The van der Waals surface area contributed by atoms with Gasteiger partial charge in [-0.2, -0.15) is 0 Å². The van der Waals surface area contributed by atoms with Crippen molar-refractivity contribution in [2.45, 2.75) is 20.4 Å². The average molecular weight is 229 g/mol. The summed E-state index contributed by atoms with van der Waals surface area (Å²) in [5.41, 5.74) is 2.71. The predicted octanol–water partition coefficient (Wildman–Crippen LogP) is 3.08. The number of phenolic OH excluding ortho intramolecular Hbond substituents is 1. The zero-order valence-electron chi connectivity index (χ0n) is 9.97. The van der Waals surface area contributed by atoms with Crippen LogP contribution in [-0.2, 0) is 6.54 Å². The fourth-order valence-electron chi connectivity index (χ4n) is 1.84. The maximum Gasteiger partial charge on any atom is 0.161 e. The van der Waals surface area contributed by atoms with E-state index in [9.17, 15) is 9.90 Å². The molecule has 3 nitrogen and oxygen atoms in total. The minimum atomic E-state index is 0.0669. The molecule has 0 spiro atoms. The summed E-state index contributed by atoms with van der Waals surface area (Å²) in [7, 11) is 0. The lowest BCUT2D eigenvalue weighted by molar-refractivity contribution is 0.101. The van der Waals surface area contributed by atoms with Crippen molar-refractivity contribution < 1.29 is 9.90 Å². The van der Waals surface area contributed by atoms with Gasteiger partial charge in [-0.15, -0.1) is 0 Å². The molecule has 0 saturated carbocycles. The summed E-state index contributed by atoms with van der Waals surface area (Å²) in [6.07, 6.45) is 1.87. The van der Waals surface area contributed by atoms with Crippen molar-refractivity contribution in [1.29, 1.82) is 0 Å². The summed E-state index contributed by atoms with van der Waals surface area (Å²) in [5, 5.41) is 9.26. The number of ketones is 1. The van der Waals surface area contributed by atoms with Crippen LogP contribution in [0.1, 0.15) is 24.2 Å². The maximum atomic E-state index is 11.4. The smallest absolute Gasteiger partial charge is 0.161 e. The van der Waals surface area contributed by atoms with E-state index >= 15 is 0 Å². The molecule has 0 saturated heterocycles. The van der Waals surface area contributed by atoms with Gasteiger partial charge in [-0.05, 0) is 49.7 Å². The number of hydrogen-bond donors (Lipinski definition) is 1. The number of rotatable bonds is 3. The van der Waals surface area contributed by atoms with Crippen LogP contribution in [-0.4, -0.2) is 15.5 Å². The van der Waals surface area contributed by atoms with E-state index in [-0.39, 0.29) is 11.5 Å². The van der Waals surface area contributed by atoms with E-state index in [1.54, 1.807) is 19.1 Å². The first-order chi connectivity index (χ1) is 8.11. The number of carbonyl (C=O) groups excluding carboxylic acids is 1. The van der Waals surface area contributed by atoms with Crippen molar-refractivity contribution in [3.63, 3.8) is 0 Å². The molecule has 0 radical (unpaired) electrons. The number of aromatic nitrogens is 1. The highest BCUT2D eigenvalue weighted by Gasteiger charge is 2.09. The van der Waals surface area contributed by atoms with Crippen LogP contribution in [0.4, 0.5) is 0 Å². The Kier molecular flexibility index (Phi) is 3.00. The third-order valence-electron chi connectivity index (χ3n) is 2.81. The molecule has 0 unspecified atom stereocenters. The highest BCUT2D eigenvalue weighted by molar-refractivity contribution is 5.95. The molecule has 2 aromatic rings. The third kappa shape index (κ3) is 2.23.